The van der Waals surface area contributed by atoms with E-state index in [1.54, 1.807) is 6.92 Å². The minimum atomic E-state index is -0.927. The SMILES string of the molecule is COc1cc(C)c(NC(=O)NC(CCC(=O)O)Cc2ccccc2)cc1F. The molecule has 0 spiro atoms. The van der Waals surface area contributed by atoms with Gasteiger partial charge in [0.15, 0.2) is 11.6 Å². The molecular formula is C20H23FN2O4. The molecule has 2 rings (SSSR count). The van der Waals surface area contributed by atoms with Crippen LogP contribution in [0.5, 0.6) is 5.75 Å². The number of urea groups is 1. The number of carboxylic acids is 1. The first-order valence-corrected chi connectivity index (χ1v) is 8.56. The van der Waals surface area contributed by atoms with Crippen LogP contribution in [-0.2, 0) is 11.2 Å². The highest BCUT2D eigenvalue weighted by Gasteiger charge is 2.16. The number of methoxy groups -OCH3 is 1. The Morgan fingerprint density at radius 1 is 1.22 bits per heavy atom. The minimum Gasteiger partial charge on any atom is -0.494 e. The molecule has 0 bridgehead atoms. The first kappa shape index (κ1) is 20.2. The fourth-order valence-corrected chi connectivity index (χ4v) is 2.71. The lowest BCUT2D eigenvalue weighted by Crippen LogP contribution is -2.39. The summed E-state index contributed by atoms with van der Waals surface area (Å²) in [6, 6.07) is 11.3. The highest BCUT2D eigenvalue weighted by atomic mass is 19.1. The van der Waals surface area contributed by atoms with E-state index in [0.717, 1.165) is 5.56 Å². The van der Waals surface area contributed by atoms with Gasteiger partial charge in [-0.25, -0.2) is 9.18 Å². The molecule has 0 saturated heterocycles. The minimum absolute atomic E-state index is 0.0615. The zero-order valence-electron chi connectivity index (χ0n) is 15.3. The molecule has 0 aliphatic heterocycles. The van der Waals surface area contributed by atoms with Gasteiger partial charge in [-0.2, -0.15) is 0 Å². The van der Waals surface area contributed by atoms with E-state index in [0.29, 0.717) is 17.7 Å². The van der Waals surface area contributed by atoms with Crippen molar-refractivity contribution in [3.05, 3.63) is 59.4 Å². The lowest BCUT2D eigenvalue weighted by molar-refractivity contribution is -0.137. The first-order valence-electron chi connectivity index (χ1n) is 8.56. The van der Waals surface area contributed by atoms with Crippen LogP contribution in [0.25, 0.3) is 0 Å². The third-order valence-corrected chi connectivity index (χ3v) is 4.11. The van der Waals surface area contributed by atoms with Crippen molar-refractivity contribution in [3.8, 4) is 5.75 Å². The zero-order chi connectivity index (χ0) is 19.8. The van der Waals surface area contributed by atoms with Crippen LogP contribution < -0.4 is 15.4 Å². The van der Waals surface area contributed by atoms with Gasteiger partial charge in [-0.05, 0) is 37.0 Å². The smallest absolute Gasteiger partial charge is 0.319 e. The molecule has 6 nitrogen and oxygen atoms in total. The summed E-state index contributed by atoms with van der Waals surface area (Å²) in [6.07, 6.45) is 0.721. The van der Waals surface area contributed by atoms with Gasteiger partial charge < -0.3 is 20.5 Å². The number of benzene rings is 2. The number of carboxylic acid groups (broad SMARTS) is 1. The highest BCUT2D eigenvalue weighted by molar-refractivity contribution is 5.90. The number of anilines is 1. The average Bonchev–Trinajstić information content (AvgIpc) is 2.63. The van der Waals surface area contributed by atoms with Crippen LogP contribution in [0.15, 0.2) is 42.5 Å². The van der Waals surface area contributed by atoms with Crippen molar-refractivity contribution in [1.82, 2.24) is 5.32 Å². The summed E-state index contributed by atoms with van der Waals surface area (Å²) in [5.41, 5.74) is 1.95. The molecule has 2 aromatic rings. The second kappa shape index (κ2) is 9.56. The van der Waals surface area contributed by atoms with Crippen LogP contribution in [0.3, 0.4) is 0 Å². The molecule has 0 heterocycles. The van der Waals surface area contributed by atoms with E-state index in [2.05, 4.69) is 10.6 Å². The van der Waals surface area contributed by atoms with Gasteiger partial charge in [0.2, 0.25) is 0 Å². The Morgan fingerprint density at radius 3 is 2.56 bits per heavy atom. The summed E-state index contributed by atoms with van der Waals surface area (Å²) in [5.74, 6) is -1.41. The highest BCUT2D eigenvalue weighted by Crippen LogP contribution is 2.25. The monoisotopic (exact) mass is 374 g/mol. The summed E-state index contributed by atoms with van der Waals surface area (Å²) in [6.45, 7) is 1.73. The summed E-state index contributed by atoms with van der Waals surface area (Å²) >= 11 is 0. The van der Waals surface area contributed by atoms with Gasteiger partial charge in [0, 0.05) is 24.2 Å². The third kappa shape index (κ3) is 6.29. The molecule has 2 amide bonds. The molecule has 0 aliphatic rings. The van der Waals surface area contributed by atoms with Crippen molar-refractivity contribution >= 4 is 17.7 Å². The number of aliphatic carboxylic acids is 1. The Bertz CT molecular complexity index is 796. The van der Waals surface area contributed by atoms with Crippen LogP contribution >= 0.6 is 0 Å². The molecule has 1 unspecified atom stereocenters. The number of nitrogens with one attached hydrogen (secondary N) is 2. The number of carbonyl (C=O) groups is 2. The molecule has 0 aliphatic carbocycles. The van der Waals surface area contributed by atoms with E-state index < -0.39 is 17.8 Å². The Hall–Kier alpha value is -3.09. The average molecular weight is 374 g/mol. The molecule has 1 atom stereocenters. The summed E-state index contributed by atoms with van der Waals surface area (Å²) in [7, 11) is 1.37. The van der Waals surface area contributed by atoms with Crippen LogP contribution in [0.4, 0.5) is 14.9 Å². The second-order valence-corrected chi connectivity index (χ2v) is 6.22. The van der Waals surface area contributed by atoms with Crippen molar-refractivity contribution < 1.29 is 23.8 Å². The van der Waals surface area contributed by atoms with Gasteiger partial charge in [0.25, 0.3) is 0 Å². The van der Waals surface area contributed by atoms with E-state index >= 15 is 0 Å². The molecule has 0 aromatic heterocycles. The number of ether oxygens (including phenoxy) is 1. The third-order valence-electron chi connectivity index (χ3n) is 4.11. The van der Waals surface area contributed by atoms with Crippen molar-refractivity contribution in [2.75, 3.05) is 12.4 Å². The quantitative estimate of drug-likeness (QED) is 0.657. The van der Waals surface area contributed by atoms with E-state index in [-0.39, 0.29) is 24.6 Å². The molecule has 2 aromatic carbocycles. The summed E-state index contributed by atoms with van der Waals surface area (Å²) in [4.78, 5) is 23.2. The molecule has 0 fully saturated rings. The number of carbonyl (C=O) groups excluding carboxylic acids is 1. The topological polar surface area (TPSA) is 87.7 Å². The van der Waals surface area contributed by atoms with Gasteiger partial charge in [0.05, 0.1) is 7.11 Å². The molecular weight excluding hydrogens is 351 g/mol. The maximum atomic E-state index is 13.9. The van der Waals surface area contributed by atoms with E-state index in [1.807, 2.05) is 30.3 Å². The lowest BCUT2D eigenvalue weighted by Gasteiger charge is -2.19. The molecule has 27 heavy (non-hydrogen) atoms. The predicted molar refractivity (Wildman–Crippen MR) is 101 cm³/mol. The number of halogens is 1. The van der Waals surface area contributed by atoms with Gasteiger partial charge in [-0.15, -0.1) is 0 Å². The maximum absolute atomic E-state index is 13.9. The van der Waals surface area contributed by atoms with Crippen LogP contribution in [0, 0.1) is 12.7 Å². The second-order valence-electron chi connectivity index (χ2n) is 6.22. The van der Waals surface area contributed by atoms with Crippen molar-refractivity contribution in [2.24, 2.45) is 0 Å². The van der Waals surface area contributed by atoms with Crippen LogP contribution in [-0.4, -0.2) is 30.3 Å². The van der Waals surface area contributed by atoms with E-state index in [4.69, 9.17) is 9.84 Å². The number of aryl methyl sites for hydroxylation is 1. The van der Waals surface area contributed by atoms with Crippen LogP contribution in [0.1, 0.15) is 24.0 Å². The largest absolute Gasteiger partial charge is 0.494 e. The van der Waals surface area contributed by atoms with Gasteiger partial charge in [-0.3, -0.25) is 4.79 Å². The maximum Gasteiger partial charge on any atom is 0.319 e. The Labute approximate surface area is 157 Å². The summed E-state index contributed by atoms with van der Waals surface area (Å²) in [5, 5.41) is 14.3. The number of amides is 2. The molecule has 144 valence electrons. The first-order chi connectivity index (χ1) is 12.9. The molecule has 0 saturated carbocycles. The molecule has 7 heteroatoms. The van der Waals surface area contributed by atoms with Crippen molar-refractivity contribution in [1.29, 1.82) is 0 Å². The predicted octanol–water partition coefficient (Wildman–Crippen LogP) is 3.74. The number of hydrogen-bond acceptors (Lipinski definition) is 3. The van der Waals surface area contributed by atoms with Gasteiger partial charge in [0.1, 0.15) is 0 Å². The summed E-state index contributed by atoms with van der Waals surface area (Å²) < 4.78 is 18.8. The van der Waals surface area contributed by atoms with Crippen molar-refractivity contribution in [2.45, 2.75) is 32.2 Å². The molecule has 0 radical (unpaired) electrons. The van der Waals surface area contributed by atoms with Gasteiger partial charge >= 0.3 is 12.0 Å². The van der Waals surface area contributed by atoms with Crippen molar-refractivity contribution in [3.63, 3.8) is 0 Å². The van der Waals surface area contributed by atoms with E-state index in [9.17, 15) is 14.0 Å². The Kier molecular flexibility index (Phi) is 7.16. The van der Waals surface area contributed by atoms with Gasteiger partial charge in [-0.1, -0.05) is 30.3 Å². The fraction of sp³-hybridized carbons (Fsp3) is 0.300. The number of hydrogen-bond donors (Lipinski definition) is 3. The van der Waals surface area contributed by atoms with E-state index in [1.165, 1.54) is 19.2 Å². The standard InChI is InChI=1S/C20H23FN2O4/c1-13-10-18(27-2)16(21)12-17(13)23-20(26)22-15(8-9-19(24)25)11-14-6-4-3-5-7-14/h3-7,10,12,15H,8-9,11H2,1-2H3,(H,24,25)(H2,22,23,26). The fourth-order valence-electron chi connectivity index (χ4n) is 2.71. The Morgan fingerprint density at radius 2 is 1.93 bits per heavy atom. The van der Waals surface area contributed by atoms with Crippen LogP contribution in [0.2, 0.25) is 0 Å². The Balaban J connectivity index is 2.06. The normalized spacial score (nSPS) is 11.5. The number of rotatable bonds is 8. The zero-order valence-corrected chi connectivity index (χ0v) is 15.3. The lowest BCUT2D eigenvalue weighted by atomic mass is 10.0. The molecule has 3 N–H and O–H groups in total.